The van der Waals surface area contributed by atoms with E-state index in [0.29, 0.717) is 11.1 Å². The van der Waals surface area contributed by atoms with Crippen LogP contribution < -0.4 is 0 Å². The van der Waals surface area contributed by atoms with Crippen LogP contribution in [0.3, 0.4) is 0 Å². The number of hydrogen-bond donors (Lipinski definition) is 0. The highest BCUT2D eigenvalue weighted by Crippen LogP contribution is 2.35. The number of aromatic nitrogens is 1. The number of hydrogen-bond acceptors (Lipinski definition) is 2. The van der Waals surface area contributed by atoms with Gasteiger partial charge < -0.3 is 4.57 Å². The van der Waals surface area contributed by atoms with Crippen molar-refractivity contribution in [1.82, 2.24) is 4.57 Å². The van der Waals surface area contributed by atoms with Gasteiger partial charge in [0.15, 0.2) is 0 Å². The number of fused-ring (bicyclic) bond motifs is 3. The molecule has 0 aliphatic heterocycles. The normalized spacial score (nSPS) is 10.9. The van der Waals surface area contributed by atoms with Gasteiger partial charge >= 0.3 is 0 Å². The summed E-state index contributed by atoms with van der Waals surface area (Å²) in [7, 11) is 0. The average Bonchev–Trinajstić information content (AvgIpc) is 3.48. The Morgan fingerprint density at radius 1 is 0.340 bits per heavy atom. The summed E-state index contributed by atoms with van der Waals surface area (Å²) in [5.74, 6) is 0. The Kier molecular flexibility index (Phi) is 6.92. The van der Waals surface area contributed by atoms with Crippen molar-refractivity contribution in [2.75, 3.05) is 0 Å². The van der Waals surface area contributed by atoms with Crippen LogP contribution in [0.2, 0.25) is 0 Å². The Morgan fingerprint density at radius 3 is 1.15 bits per heavy atom. The summed E-state index contributed by atoms with van der Waals surface area (Å²) in [5, 5.41) is 21.0. The molecule has 0 saturated heterocycles. The van der Waals surface area contributed by atoms with Crippen molar-refractivity contribution in [1.29, 1.82) is 10.5 Å². The first-order valence-corrected chi connectivity index (χ1v) is 15.5. The topological polar surface area (TPSA) is 52.5 Å². The van der Waals surface area contributed by atoms with Crippen molar-refractivity contribution in [3.8, 4) is 62.3 Å². The zero-order valence-corrected chi connectivity index (χ0v) is 25.4. The molecule has 218 valence electrons. The van der Waals surface area contributed by atoms with Crippen molar-refractivity contribution in [3.05, 3.63) is 175 Å². The van der Waals surface area contributed by atoms with Gasteiger partial charge in [-0.25, -0.2) is 0 Å². The van der Waals surface area contributed by atoms with E-state index in [1.807, 2.05) is 42.5 Å². The maximum absolute atomic E-state index is 9.53. The fraction of sp³-hybridized carbons (Fsp3) is 0. The molecule has 3 nitrogen and oxygen atoms in total. The molecule has 3 heteroatoms. The molecule has 0 aliphatic rings. The lowest BCUT2D eigenvalue weighted by molar-refractivity contribution is 1.18. The van der Waals surface area contributed by atoms with Gasteiger partial charge in [0.25, 0.3) is 0 Å². The van der Waals surface area contributed by atoms with E-state index in [2.05, 4.69) is 138 Å². The highest BCUT2D eigenvalue weighted by atomic mass is 15.0. The van der Waals surface area contributed by atoms with Gasteiger partial charge in [-0.2, -0.15) is 10.5 Å². The zero-order chi connectivity index (χ0) is 31.7. The molecule has 1 heterocycles. The van der Waals surface area contributed by atoms with Crippen LogP contribution in [-0.2, 0) is 0 Å². The predicted molar refractivity (Wildman–Crippen MR) is 192 cm³/mol. The van der Waals surface area contributed by atoms with Crippen LogP contribution >= 0.6 is 0 Å². The second-order valence-corrected chi connectivity index (χ2v) is 11.7. The molecular weight excluding hydrogens is 571 g/mol. The van der Waals surface area contributed by atoms with Crippen molar-refractivity contribution < 1.29 is 0 Å². The van der Waals surface area contributed by atoms with Gasteiger partial charge in [-0.3, -0.25) is 0 Å². The van der Waals surface area contributed by atoms with E-state index in [9.17, 15) is 10.5 Å². The molecule has 0 aliphatic carbocycles. The lowest BCUT2D eigenvalue weighted by atomic mass is 9.95. The number of nitrogens with zero attached hydrogens (tertiary/aromatic N) is 3. The first-order chi connectivity index (χ1) is 23.2. The van der Waals surface area contributed by atoms with E-state index in [-0.39, 0.29) is 0 Å². The summed E-state index contributed by atoms with van der Waals surface area (Å²) in [6, 6.07) is 61.2. The SMILES string of the molecule is N#Cc1ccc2c(c1)c1cc(C#N)ccc1n2-c1ccc(-c2cccc(-c3cccc(-c4cccc(-c5ccccc5)c4)c3)c2)cc1. The Balaban J connectivity index is 1.13. The molecule has 0 radical (unpaired) electrons. The Hall–Kier alpha value is -6.68. The minimum absolute atomic E-state index is 0.598. The molecule has 0 fully saturated rings. The molecular formula is C44H27N3. The largest absolute Gasteiger partial charge is 0.309 e. The van der Waals surface area contributed by atoms with Gasteiger partial charge in [0, 0.05) is 16.5 Å². The molecule has 0 bridgehead atoms. The zero-order valence-electron chi connectivity index (χ0n) is 25.4. The summed E-state index contributed by atoms with van der Waals surface area (Å²) in [4.78, 5) is 0. The van der Waals surface area contributed by atoms with Gasteiger partial charge in [0.1, 0.15) is 0 Å². The molecule has 0 N–H and O–H groups in total. The summed E-state index contributed by atoms with van der Waals surface area (Å²) in [6.07, 6.45) is 0. The van der Waals surface area contributed by atoms with Crippen molar-refractivity contribution >= 4 is 21.8 Å². The van der Waals surface area contributed by atoms with Crippen LogP contribution in [0, 0.1) is 22.7 Å². The first-order valence-electron chi connectivity index (χ1n) is 15.5. The van der Waals surface area contributed by atoms with Crippen molar-refractivity contribution in [2.45, 2.75) is 0 Å². The van der Waals surface area contributed by atoms with E-state index < -0.39 is 0 Å². The Morgan fingerprint density at radius 2 is 0.723 bits per heavy atom. The molecule has 0 unspecified atom stereocenters. The monoisotopic (exact) mass is 597 g/mol. The third-order valence-corrected chi connectivity index (χ3v) is 8.84. The van der Waals surface area contributed by atoms with Crippen LogP contribution in [-0.4, -0.2) is 4.57 Å². The minimum Gasteiger partial charge on any atom is -0.309 e. The van der Waals surface area contributed by atoms with E-state index >= 15 is 0 Å². The average molecular weight is 598 g/mol. The maximum Gasteiger partial charge on any atom is 0.0991 e. The van der Waals surface area contributed by atoms with Gasteiger partial charge in [0.2, 0.25) is 0 Å². The molecule has 1 aromatic heterocycles. The lowest BCUT2D eigenvalue weighted by Gasteiger charge is -2.11. The molecule has 0 atom stereocenters. The van der Waals surface area contributed by atoms with Crippen molar-refractivity contribution in [3.63, 3.8) is 0 Å². The smallest absolute Gasteiger partial charge is 0.0991 e. The fourth-order valence-corrected chi connectivity index (χ4v) is 6.51. The predicted octanol–water partition coefficient (Wildman–Crippen LogP) is 11.2. The van der Waals surface area contributed by atoms with Gasteiger partial charge in [-0.05, 0) is 111 Å². The second-order valence-electron chi connectivity index (χ2n) is 11.7. The number of nitriles is 2. The van der Waals surface area contributed by atoms with Gasteiger partial charge in [-0.15, -0.1) is 0 Å². The minimum atomic E-state index is 0.598. The maximum atomic E-state index is 9.53. The molecule has 0 spiro atoms. The second kappa shape index (κ2) is 11.7. The number of benzene rings is 7. The third-order valence-electron chi connectivity index (χ3n) is 8.84. The fourth-order valence-electron chi connectivity index (χ4n) is 6.51. The standard InChI is InChI=1S/C44H27N3/c45-28-30-15-21-43-41(23-30)42-24-31(29-46)16-22-44(42)47(43)40-19-17-33(18-20-40)35-10-5-12-37(26-35)39-14-6-13-38(27-39)36-11-4-9-34(25-36)32-7-2-1-3-8-32/h1-27H. The van der Waals surface area contributed by atoms with Gasteiger partial charge in [-0.1, -0.05) is 97.1 Å². The summed E-state index contributed by atoms with van der Waals surface area (Å²) in [6.45, 7) is 0. The Labute approximate surface area is 273 Å². The van der Waals surface area contributed by atoms with Gasteiger partial charge in [0.05, 0.1) is 34.3 Å². The quantitative estimate of drug-likeness (QED) is 0.198. The van der Waals surface area contributed by atoms with Crippen LogP contribution in [0.5, 0.6) is 0 Å². The van der Waals surface area contributed by atoms with Crippen LogP contribution in [0.25, 0.3) is 72.0 Å². The van der Waals surface area contributed by atoms with Crippen molar-refractivity contribution in [2.24, 2.45) is 0 Å². The van der Waals surface area contributed by atoms with E-state index in [1.165, 1.54) is 27.8 Å². The molecule has 8 rings (SSSR count). The number of rotatable bonds is 5. The molecule has 47 heavy (non-hydrogen) atoms. The molecule has 8 aromatic rings. The molecule has 0 saturated carbocycles. The lowest BCUT2D eigenvalue weighted by Crippen LogP contribution is -1.94. The molecule has 7 aromatic carbocycles. The van der Waals surface area contributed by atoms with E-state index in [1.54, 1.807) is 0 Å². The highest BCUT2D eigenvalue weighted by Gasteiger charge is 2.14. The Bertz CT molecular complexity index is 2450. The summed E-state index contributed by atoms with van der Waals surface area (Å²) in [5.41, 5.74) is 13.6. The summed E-state index contributed by atoms with van der Waals surface area (Å²) < 4.78 is 2.20. The highest BCUT2D eigenvalue weighted by molar-refractivity contribution is 6.10. The first kappa shape index (κ1) is 27.8. The third kappa shape index (κ3) is 5.13. The van der Waals surface area contributed by atoms with E-state index in [0.717, 1.165) is 44.2 Å². The molecule has 0 amide bonds. The summed E-state index contributed by atoms with van der Waals surface area (Å²) >= 11 is 0. The van der Waals surface area contributed by atoms with Crippen LogP contribution in [0.4, 0.5) is 0 Å². The van der Waals surface area contributed by atoms with E-state index in [4.69, 9.17) is 0 Å². The van der Waals surface area contributed by atoms with Crippen LogP contribution in [0.15, 0.2) is 164 Å². The van der Waals surface area contributed by atoms with Crippen LogP contribution in [0.1, 0.15) is 11.1 Å².